The van der Waals surface area contributed by atoms with Crippen molar-refractivity contribution < 1.29 is 23.5 Å². The number of benzene rings is 1. The molecule has 4 heterocycles. The quantitative estimate of drug-likeness (QED) is 0.118. The van der Waals surface area contributed by atoms with Crippen molar-refractivity contribution >= 4 is 34.8 Å². The van der Waals surface area contributed by atoms with Gasteiger partial charge in [0.25, 0.3) is 5.56 Å². The SMILES string of the molecule is Cc1cc2c(cc1CCCN(C=O)CCCCCCCCC(=O)O)-c1cn(C)c(=O)c3[nH]cc(c13)CN2c1ncc(F)cc1F. The second-order valence-corrected chi connectivity index (χ2v) is 11.9. The maximum atomic E-state index is 15.1. The van der Waals surface area contributed by atoms with Crippen molar-refractivity contribution in [2.24, 2.45) is 7.05 Å². The van der Waals surface area contributed by atoms with Crippen molar-refractivity contribution in [1.29, 1.82) is 0 Å². The first-order valence-corrected chi connectivity index (χ1v) is 15.5. The minimum absolute atomic E-state index is 0.000522. The summed E-state index contributed by atoms with van der Waals surface area (Å²) in [6.07, 6.45) is 12.7. The van der Waals surface area contributed by atoms with Crippen molar-refractivity contribution in [3.8, 4) is 11.1 Å². The van der Waals surface area contributed by atoms with Gasteiger partial charge >= 0.3 is 5.97 Å². The number of halogens is 2. The third kappa shape index (κ3) is 7.08. The summed E-state index contributed by atoms with van der Waals surface area (Å²) in [7, 11) is 1.70. The number of hydrogen-bond donors (Lipinski definition) is 2. The van der Waals surface area contributed by atoms with Crippen molar-refractivity contribution in [2.45, 2.75) is 71.3 Å². The molecule has 1 aromatic carbocycles. The Kier molecular flexibility index (Phi) is 9.95. The highest BCUT2D eigenvalue weighted by Gasteiger charge is 2.28. The zero-order valence-electron chi connectivity index (χ0n) is 25.7. The first kappa shape index (κ1) is 31.9. The molecule has 0 unspecified atom stereocenters. The number of aromatic amines is 1. The van der Waals surface area contributed by atoms with Gasteiger partial charge in [0.05, 0.1) is 18.4 Å². The van der Waals surface area contributed by atoms with E-state index in [1.165, 1.54) is 4.57 Å². The number of nitrogens with zero attached hydrogens (tertiary/aromatic N) is 4. The molecule has 0 fully saturated rings. The Morgan fingerprint density at radius 2 is 1.80 bits per heavy atom. The number of aryl methyl sites for hydroxylation is 3. The Balaban J connectivity index is 1.35. The second-order valence-electron chi connectivity index (χ2n) is 11.9. The van der Waals surface area contributed by atoms with Gasteiger partial charge in [-0.15, -0.1) is 0 Å². The molecule has 238 valence electrons. The molecule has 5 rings (SSSR count). The van der Waals surface area contributed by atoms with E-state index in [-0.39, 0.29) is 24.3 Å². The number of carboxylic acid groups (broad SMARTS) is 1. The molecule has 9 nitrogen and oxygen atoms in total. The van der Waals surface area contributed by atoms with Gasteiger partial charge in [0.1, 0.15) is 11.3 Å². The molecule has 0 saturated carbocycles. The Hall–Kier alpha value is -4.54. The highest BCUT2D eigenvalue weighted by atomic mass is 19.1. The molecule has 1 aliphatic heterocycles. The molecule has 0 spiro atoms. The van der Waals surface area contributed by atoms with Gasteiger partial charge in [0.15, 0.2) is 11.6 Å². The van der Waals surface area contributed by atoms with Crippen LogP contribution in [0.1, 0.15) is 68.1 Å². The summed E-state index contributed by atoms with van der Waals surface area (Å²) in [5, 5.41) is 9.51. The van der Waals surface area contributed by atoms with Gasteiger partial charge in [0.2, 0.25) is 6.41 Å². The molecule has 4 aromatic rings. The predicted octanol–water partition coefficient (Wildman–Crippen LogP) is 6.37. The van der Waals surface area contributed by atoms with Crippen LogP contribution in [0.15, 0.2) is 41.6 Å². The first-order valence-electron chi connectivity index (χ1n) is 15.5. The smallest absolute Gasteiger partial charge is 0.303 e. The van der Waals surface area contributed by atoms with Crippen LogP contribution in [0, 0.1) is 18.6 Å². The summed E-state index contributed by atoms with van der Waals surface area (Å²) in [5.74, 6) is -2.29. The fraction of sp³-hybridized carbons (Fsp3) is 0.412. The lowest BCUT2D eigenvalue weighted by Gasteiger charge is -2.26. The lowest BCUT2D eigenvalue weighted by molar-refractivity contribution is -0.137. The van der Waals surface area contributed by atoms with Gasteiger partial charge < -0.3 is 24.5 Å². The number of nitrogens with one attached hydrogen (secondary N) is 1. The second kappa shape index (κ2) is 14.0. The maximum absolute atomic E-state index is 15.1. The molecule has 1 aliphatic rings. The largest absolute Gasteiger partial charge is 0.481 e. The number of aromatic nitrogens is 3. The number of carbonyl (C=O) groups is 2. The van der Waals surface area contributed by atoms with E-state index in [0.717, 1.165) is 90.4 Å². The fourth-order valence-electron chi connectivity index (χ4n) is 6.25. The topological polar surface area (TPSA) is 112 Å². The molecule has 1 amide bonds. The standard InChI is InChI=1S/C34H39F2N5O4/c1-22-14-29-26(15-23(22)10-9-13-40(21-42)12-8-6-4-3-5-7-11-30(43)44)27-20-39(2)34(45)32-31(27)24(17-37-32)19-41(29)33-28(36)16-25(35)18-38-33/h14-18,20-21,37H,3-13,19H2,1-2H3,(H,43,44). The molecule has 0 aliphatic carbocycles. The minimum Gasteiger partial charge on any atom is -0.481 e. The Bertz CT molecular complexity index is 1770. The van der Waals surface area contributed by atoms with Crippen LogP contribution >= 0.6 is 0 Å². The molecule has 3 aromatic heterocycles. The van der Waals surface area contributed by atoms with E-state index in [4.69, 9.17) is 5.11 Å². The van der Waals surface area contributed by atoms with Crippen LogP contribution in [-0.2, 0) is 29.6 Å². The third-order valence-electron chi connectivity index (χ3n) is 8.62. The zero-order chi connectivity index (χ0) is 32.1. The van der Waals surface area contributed by atoms with E-state index in [0.29, 0.717) is 37.1 Å². The van der Waals surface area contributed by atoms with Crippen molar-refractivity contribution in [1.82, 2.24) is 19.4 Å². The molecular weight excluding hydrogens is 580 g/mol. The highest BCUT2D eigenvalue weighted by molar-refractivity contribution is 6.02. The number of anilines is 2. The summed E-state index contributed by atoms with van der Waals surface area (Å²) in [6, 6.07) is 4.90. The molecular formula is C34H39F2N5O4. The van der Waals surface area contributed by atoms with Crippen LogP contribution in [0.2, 0.25) is 0 Å². The number of fused-ring (bicyclic) bond motifs is 2. The third-order valence-corrected chi connectivity index (χ3v) is 8.62. The normalized spacial score (nSPS) is 12.3. The minimum atomic E-state index is -0.775. The fourth-order valence-corrected chi connectivity index (χ4v) is 6.25. The predicted molar refractivity (Wildman–Crippen MR) is 170 cm³/mol. The summed E-state index contributed by atoms with van der Waals surface area (Å²) in [4.78, 5) is 46.1. The Morgan fingerprint density at radius 1 is 1.07 bits per heavy atom. The molecule has 2 N–H and O–H groups in total. The van der Waals surface area contributed by atoms with E-state index in [2.05, 4.69) is 16.0 Å². The Morgan fingerprint density at radius 3 is 2.53 bits per heavy atom. The van der Waals surface area contributed by atoms with Gasteiger partial charge in [-0.25, -0.2) is 13.8 Å². The van der Waals surface area contributed by atoms with Crippen LogP contribution in [0.25, 0.3) is 22.0 Å². The summed E-state index contributed by atoms with van der Waals surface area (Å²) < 4.78 is 30.5. The van der Waals surface area contributed by atoms with Gasteiger partial charge in [-0.3, -0.25) is 14.4 Å². The van der Waals surface area contributed by atoms with Crippen LogP contribution in [0.5, 0.6) is 0 Å². The zero-order valence-corrected chi connectivity index (χ0v) is 25.7. The summed E-state index contributed by atoms with van der Waals surface area (Å²) >= 11 is 0. The molecule has 11 heteroatoms. The van der Waals surface area contributed by atoms with E-state index in [9.17, 15) is 18.8 Å². The van der Waals surface area contributed by atoms with Crippen molar-refractivity contribution in [3.05, 3.63) is 75.5 Å². The van der Waals surface area contributed by atoms with Crippen LogP contribution in [0.4, 0.5) is 20.3 Å². The number of pyridine rings is 2. The van der Waals surface area contributed by atoms with E-state index in [1.54, 1.807) is 29.2 Å². The molecule has 0 saturated heterocycles. The van der Waals surface area contributed by atoms with Crippen LogP contribution < -0.4 is 10.5 Å². The number of carbonyl (C=O) groups excluding carboxylic acids is 1. The lowest BCUT2D eigenvalue weighted by Crippen LogP contribution is -2.24. The number of H-pyrrole nitrogens is 1. The number of carboxylic acids is 1. The van der Waals surface area contributed by atoms with E-state index >= 15 is 4.39 Å². The van der Waals surface area contributed by atoms with Gasteiger partial charge in [-0.05, 0) is 61.4 Å². The van der Waals surface area contributed by atoms with Gasteiger partial charge in [-0.2, -0.15) is 0 Å². The molecule has 45 heavy (non-hydrogen) atoms. The Labute approximate surface area is 260 Å². The van der Waals surface area contributed by atoms with Crippen molar-refractivity contribution in [2.75, 3.05) is 18.0 Å². The first-order chi connectivity index (χ1) is 21.7. The lowest BCUT2D eigenvalue weighted by atomic mass is 9.94. The summed E-state index contributed by atoms with van der Waals surface area (Å²) in [6.45, 7) is 3.53. The molecule has 0 bridgehead atoms. The average Bonchev–Trinajstić information content (AvgIpc) is 3.38. The van der Waals surface area contributed by atoms with Crippen LogP contribution in [0.3, 0.4) is 0 Å². The van der Waals surface area contributed by atoms with Gasteiger partial charge in [-0.1, -0.05) is 25.7 Å². The highest BCUT2D eigenvalue weighted by Crippen LogP contribution is 2.44. The summed E-state index contributed by atoms with van der Waals surface area (Å²) in [5.41, 5.74) is 5.54. The number of aliphatic carboxylic acids is 1. The van der Waals surface area contributed by atoms with Crippen molar-refractivity contribution in [3.63, 3.8) is 0 Å². The van der Waals surface area contributed by atoms with E-state index < -0.39 is 17.6 Å². The number of amides is 1. The number of hydrogen-bond acceptors (Lipinski definition) is 5. The molecule has 0 radical (unpaired) electrons. The average molecular weight is 620 g/mol. The monoisotopic (exact) mass is 619 g/mol. The number of rotatable bonds is 15. The molecule has 0 atom stereocenters. The van der Waals surface area contributed by atoms with Crippen LogP contribution in [-0.4, -0.2) is 50.0 Å². The maximum Gasteiger partial charge on any atom is 0.303 e. The number of unbranched alkanes of at least 4 members (excludes halogenated alkanes) is 5. The van der Waals surface area contributed by atoms with E-state index in [1.807, 2.05) is 13.0 Å². The van der Waals surface area contributed by atoms with Gasteiger partial charge in [0, 0.05) is 61.5 Å².